The van der Waals surface area contributed by atoms with Gasteiger partial charge in [-0.3, -0.25) is 4.98 Å². The minimum Gasteiger partial charge on any atom is -0.327 e. The fraction of sp³-hybridized carbons (Fsp3) is 0.308. The first-order valence-corrected chi connectivity index (χ1v) is 6.44. The zero-order chi connectivity index (χ0) is 11.2. The molecule has 3 heteroatoms. The van der Waals surface area contributed by atoms with Gasteiger partial charge in [0.15, 0.2) is 0 Å². The topological polar surface area (TPSA) is 38.9 Å². The minimum absolute atomic E-state index is 0.245. The van der Waals surface area contributed by atoms with E-state index in [2.05, 4.69) is 27.9 Å². The van der Waals surface area contributed by atoms with Crippen LogP contribution in [0.5, 0.6) is 0 Å². The molecule has 2 heterocycles. The minimum atomic E-state index is 0.245. The molecule has 2 N–H and O–H groups in total. The van der Waals surface area contributed by atoms with Crippen LogP contribution in [-0.4, -0.2) is 11.0 Å². The van der Waals surface area contributed by atoms with E-state index in [1.54, 1.807) is 17.5 Å². The Hall–Kier alpha value is -1.19. The van der Waals surface area contributed by atoms with Gasteiger partial charge >= 0.3 is 0 Å². The second-order valence-electron chi connectivity index (χ2n) is 4.00. The first kappa shape index (κ1) is 11.3. The predicted molar refractivity (Wildman–Crippen MR) is 68.6 cm³/mol. The zero-order valence-electron chi connectivity index (χ0n) is 9.17. The number of nitrogens with zero attached hydrogens (tertiary/aromatic N) is 1. The molecule has 0 radical (unpaired) electrons. The van der Waals surface area contributed by atoms with Gasteiger partial charge in [-0.25, -0.2) is 0 Å². The summed E-state index contributed by atoms with van der Waals surface area (Å²) in [7, 11) is 0. The van der Waals surface area contributed by atoms with Crippen LogP contribution < -0.4 is 5.73 Å². The van der Waals surface area contributed by atoms with Gasteiger partial charge in [-0.2, -0.15) is 11.3 Å². The Morgan fingerprint density at radius 1 is 1.31 bits per heavy atom. The largest absolute Gasteiger partial charge is 0.327 e. The Morgan fingerprint density at radius 3 is 2.94 bits per heavy atom. The van der Waals surface area contributed by atoms with Crippen LogP contribution in [0.1, 0.15) is 17.5 Å². The second-order valence-corrected chi connectivity index (χ2v) is 4.78. The molecule has 0 aliphatic heterocycles. The van der Waals surface area contributed by atoms with E-state index in [-0.39, 0.29) is 6.04 Å². The van der Waals surface area contributed by atoms with Crippen molar-refractivity contribution in [3.63, 3.8) is 0 Å². The average molecular weight is 232 g/mol. The van der Waals surface area contributed by atoms with E-state index in [1.165, 1.54) is 11.1 Å². The van der Waals surface area contributed by atoms with E-state index in [9.17, 15) is 0 Å². The number of aryl methyl sites for hydroxylation is 1. The van der Waals surface area contributed by atoms with Crippen LogP contribution in [0, 0.1) is 0 Å². The molecule has 2 aromatic heterocycles. The SMILES string of the molecule is NC(CCc1cccnc1)Cc1ccsc1. The maximum Gasteiger partial charge on any atom is 0.0299 e. The Balaban J connectivity index is 1.78. The van der Waals surface area contributed by atoms with Crippen LogP contribution in [0.25, 0.3) is 0 Å². The molecule has 2 rings (SSSR count). The Morgan fingerprint density at radius 2 is 2.25 bits per heavy atom. The maximum atomic E-state index is 6.10. The van der Waals surface area contributed by atoms with Crippen LogP contribution >= 0.6 is 11.3 Å². The molecule has 1 atom stereocenters. The number of hydrogen-bond donors (Lipinski definition) is 1. The van der Waals surface area contributed by atoms with Crippen molar-refractivity contribution in [2.45, 2.75) is 25.3 Å². The Bertz CT molecular complexity index is 397. The molecule has 0 bridgehead atoms. The van der Waals surface area contributed by atoms with E-state index in [0.717, 1.165) is 19.3 Å². The molecule has 0 fully saturated rings. The molecule has 0 saturated carbocycles. The second kappa shape index (κ2) is 5.77. The number of pyridine rings is 1. The number of hydrogen-bond acceptors (Lipinski definition) is 3. The van der Waals surface area contributed by atoms with E-state index < -0.39 is 0 Å². The smallest absolute Gasteiger partial charge is 0.0299 e. The highest BCUT2D eigenvalue weighted by molar-refractivity contribution is 7.07. The molecule has 0 aliphatic rings. The van der Waals surface area contributed by atoms with Crippen molar-refractivity contribution in [1.29, 1.82) is 0 Å². The lowest BCUT2D eigenvalue weighted by atomic mass is 10.0. The summed E-state index contributed by atoms with van der Waals surface area (Å²) < 4.78 is 0. The summed E-state index contributed by atoms with van der Waals surface area (Å²) >= 11 is 1.73. The van der Waals surface area contributed by atoms with E-state index in [1.807, 2.05) is 12.3 Å². The summed E-state index contributed by atoms with van der Waals surface area (Å²) in [4.78, 5) is 4.10. The lowest BCUT2D eigenvalue weighted by Gasteiger charge is -2.10. The molecule has 0 spiro atoms. The van der Waals surface area contributed by atoms with E-state index in [4.69, 9.17) is 5.73 Å². The van der Waals surface area contributed by atoms with Gasteiger partial charge in [0.05, 0.1) is 0 Å². The van der Waals surface area contributed by atoms with Crippen molar-refractivity contribution >= 4 is 11.3 Å². The molecule has 2 aromatic rings. The third kappa shape index (κ3) is 3.43. The average Bonchev–Trinajstić information content (AvgIpc) is 2.81. The monoisotopic (exact) mass is 232 g/mol. The van der Waals surface area contributed by atoms with Gasteiger partial charge in [-0.1, -0.05) is 6.07 Å². The third-order valence-corrected chi connectivity index (χ3v) is 3.34. The number of nitrogens with two attached hydrogens (primary N) is 1. The summed E-state index contributed by atoms with van der Waals surface area (Å²) in [6.45, 7) is 0. The summed E-state index contributed by atoms with van der Waals surface area (Å²) in [6, 6.07) is 6.47. The number of rotatable bonds is 5. The van der Waals surface area contributed by atoms with Crippen molar-refractivity contribution < 1.29 is 0 Å². The Labute approximate surface area is 100 Å². The predicted octanol–water partition coefficient (Wildman–Crippen LogP) is 2.65. The molecular formula is C13H16N2S. The van der Waals surface area contributed by atoms with Gasteiger partial charge < -0.3 is 5.73 Å². The molecule has 84 valence electrons. The van der Waals surface area contributed by atoms with Gasteiger partial charge in [0, 0.05) is 18.4 Å². The normalized spacial score (nSPS) is 12.6. The lowest BCUT2D eigenvalue weighted by Crippen LogP contribution is -2.23. The van der Waals surface area contributed by atoms with Gasteiger partial charge in [0.25, 0.3) is 0 Å². The summed E-state index contributed by atoms with van der Waals surface area (Å²) in [5.41, 5.74) is 8.71. The first-order chi connectivity index (χ1) is 7.84. The molecule has 16 heavy (non-hydrogen) atoms. The first-order valence-electron chi connectivity index (χ1n) is 5.50. The van der Waals surface area contributed by atoms with Crippen molar-refractivity contribution in [3.8, 4) is 0 Å². The highest BCUT2D eigenvalue weighted by Gasteiger charge is 2.04. The summed E-state index contributed by atoms with van der Waals surface area (Å²) in [6.07, 6.45) is 6.72. The van der Waals surface area contributed by atoms with E-state index >= 15 is 0 Å². The molecule has 0 aliphatic carbocycles. The lowest BCUT2D eigenvalue weighted by molar-refractivity contribution is 0.610. The van der Waals surface area contributed by atoms with E-state index in [0.29, 0.717) is 0 Å². The maximum absolute atomic E-state index is 6.10. The van der Waals surface area contributed by atoms with Crippen molar-refractivity contribution in [2.24, 2.45) is 5.73 Å². The van der Waals surface area contributed by atoms with Gasteiger partial charge in [-0.15, -0.1) is 0 Å². The molecular weight excluding hydrogens is 216 g/mol. The van der Waals surface area contributed by atoms with Crippen LogP contribution in [-0.2, 0) is 12.8 Å². The van der Waals surface area contributed by atoms with Gasteiger partial charge in [0.2, 0.25) is 0 Å². The summed E-state index contributed by atoms with van der Waals surface area (Å²) in [5.74, 6) is 0. The van der Waals surface area contributed by atoms with Crippen molar-refractivity contribution in [2.75, 3.05) is 0 Å². The van der Waals surface area contributed by atoms with Crippen LogP contribution in [0.15, 0.2) is 41.4 Å². The molecule has 1 unspecified atom stereocenters. The number of thiophene rings is 1. The molecule has 0 saturated heterocycles. The fourth-order valence-corrected chi connectivity index (χ4v) is 2.39. The third-order valence-electron chi connectivity index (χ3n) is 2.60. The van der Waals surface area contributed by atoms with Crippen molar-refractivity contribution in [1.82, 2.24) is 4.98 Å². The Kier molecular flexibility index (Phi) is 4.08. The van der Waals surface area contributed by atoms with Crippen LogP contribution in [0.4, 0.5) is 0 Å². The molecule has 0 aromatic carbocycles. The van der Waals surface area contributed by atoms with Gasteiger partial charge in [-0.05, 0) is 53.3 Å². The quantitative estimate of drug-likeness (QED) is 0.860. The van der Waals surface area contributed by atoms with Crippen LogP contribution in [0.3, 0.4) is 0 Å². The fourth-order valence-electron chi connectivity index (χ4n) is 1.71. The zero-order valence-corrected chi connectivity index (χ0v) is 9.99. The van der Waals surface area contributed by atoms with Crippen molar-refractivity contribution in [3.05, 3.63) is 52.5 Å². The standard InChI is InChI=1S/C13H16N2S/c14-13(8-12-5-7-16-10-12)4-3-11-2-1-6-15-9-11/h1-2,5-7,9-10,13H,3-4,8,14H2. The van der Waals surface area contributed by atoms with Gasteiger partial charge in [0.1, 0.15) is 0 Å². The highest BCUT2D eigenvalue weighted by Crippen LogP contribution is 2.11. The molecule has 2 nitrogen and oxygen atoms in total. The highest BCUT2D eigenvalue weighted by atomic mass is 32.1. The summed E-state index contributed by atoms with van der Waals surface area (Å²) in [5, 5.41) is 4.27. The molecule has 0 amide bonds. The number of aromatic nitrogens is 1. The van der Waals surface area contributed by atoms with Crippen LogP contribution in [0.2, 0.25) is 0 Å².